The normalized spacial score (nSPS) is 12.9. The molecule has 0 aliphatic heterocycles. The summed E-state index contributed by atoms with van der Waals surface area (Å²) >= 11 is 0. The predicted octanol–water partition coefficient (Wildman–Crippen LogP) is 23.9. The second-order valence-electron chi connectivity index (χ2n) is 22.7. The molecule has 0 fully saturated rings. The number of ether oxygens (including phenoxy) is 3. The highest BCUT2D eigenvalue weighted by Crippen LogP contribution is 2.17. The highest BCUT2D eigenvalue weighted by molar-refractivity contribution is 5.71. The molecule has 0 aromatic rings. The molecule has 0 saturated carbocycles. The van der Waals surface area contributed by atoms with Crippen molar-refractivity contribution in [3.8, 4) is 0 Å². The largest absolute Gasteiger partial charge is 0.462 e. The summed E-state index contributed by atoms with van der Waals surface area (Å²) in [7, 11) is 0. The molecule has 1 atom stereocenters. The topological polar surface area (TPSA) is 78.9 Å². The molecule has 0 heterocycles. The van der Waals surface area contributed by atoms with Gasteiger partial charge in [-0.1, -0.05) is 316 Å². The molecule has 0 saturated heterocycles. The van der Waals surface area contributed by atoms with Crippen molar-refractivity contribution in [2.45, 2.75) is 329 Å². The molecule has 1 unspecified atom stereocenters. The van der Waals surface area contributed by atoms with Gasteiger partial charge in [0, 0.05) is 19.3 Å². The molecule has 0 amide bonds. The van der Waals surface area contributed by atoms with E-state index in [1.807, 2.05) is 0 Å². The standard InChI is InChI=1S/C76H128O6/c1-4-7-10-13-16-19-21-23-25-27-29-31-33-35-37-38-40-41-43-45-47-49-51-53-55-57-60-63-66-69-75(78)81-72-73(71-80-74(77)68-65-62-59-18-15-12-9-6-3)82-76(79)70-67-64-61-58-56-54-52-50-48-46-44-42-39-36-34-32-30-28-26-24-22-20-17-14-11-8-5-2/h7-8,10-11,16-17,19-20,23-26,29-32,35-37,39,73H,4-6,9,12-15,18,21-22,27-28,33-34,38,40-72H2,1-3H3/b10-7-,11-8-,19-16-,20-17-,25-23-,26-24-,31-29-,32-30-,37-35-,39-36-. The van der Waals surface area contributed by atoms with Crippen molar-refractivity contribution in [2.75, 3.05) is 13.2 Å². The molecule has 0 N–H and O–H groups in total. The van der Waals surface area contributed by atoms with Gasteiger partial charge in [0.05, 0.1) is 0 Å². The van der Waals surface area contributed by atoms with Crippen molar-refractivity contribution in [1.29, 1.82) is 0 Å². The van der Waals surface area contributed by atoms with Crippen LogP contribution in [-0.4, -0.2) is 37.2 Å². The SMILES string of the molecule is CC/C=C\C/C=C\C/C=C\C/C=C\C/C=C\CCCCCCCCCCCCCCCC(=O)OCC(COC(=O)CCCCCCCCCC)OC(=O)CCCCCCCCCCCCC/C=C\C/C=C\C/C=C\C/C=C\C/C=C\CC. The lowest BCUT2D eigenvalue weighted by Gasteiger charge is -2.18. The number of rotatable bonds is 62. The molecular weight excluding hydrogens is 1010 g/mol. The van der Waals surface area contributed by atoms with Crippen LogP contribution in [0.2, 0.25) is 0 Å². The lowest BCUT2D eigenvalue weighted by molar-refractivity contribution is -0.167. The average Bonchev–Trinajstić information content (AvgIpc) is 3.47. The van der Waals surface area contributed by atoms with E-state index in [0.29, 0.717) is 19.3 Å². The average molecular weight is 1140 g/mol. The van der Waals surface area contributed by atoms with Gasteiger partial charge in [-0.05, 0) is 109 Å². The summed E-state index contributed by atoms with van der Waals surface area (Å²) < 4.78 is 16.9. The molecule has 0 aliphatic rings. The lowest BCUT2D eigenvalue weighted by Crippen LogP contribution is -2.30. The summed E-state index contributed by atoms with van der Waals surface area (Å²) in [5, 5.41) is 0. The Morgan fingerprint density at radius 2 is 0.476 bits per heavy atom. The number of carbonyl (C=O) groups excluding carboxylic acids is 3. The first-order valence-electron chi connectivity index (χ1n) is 34.5. The van der Waals surface area contributed by atoms with Crippen LogP contribution in [0.1, 0.15) is 323 Å². The van der Waals surface area contributed by atoms with Crippen LogP contribution in [0.5, 0.6) is 0 Å². The molecule has 468 valence electrons. The first-order chi connectivity index (χ1) is 40.5. The number of carbonyl (C=O) groups is 3. The number of unbranched alkanes of at least 4 members (excludes halogenated alkanes) is 31. The van der Waals surface area contributed by atoms with E-state index in [0.717, 1.165) is 122 Å². The van der Waals surface area contributed by atoms with Crippen molar-refractivity contribution in [3.05, 3.63) is 122 Å². The summed E-state index contributed by atoms with van der Waals surface area (Å²) in [6.45, 7) is 6.41. The maximum Gasteiger partial charge on any atom is 0.306 e. The van der Waals surface area contributed by atoms with Gasteiger partial charge >= 0.3 is 17.9 Å². The second kappa shape index (κ2) is 69.3. The minimum atomic E-state index is -0.780. The van der Waals surface area contributed by atoms with Crippen molar-refractivity contribution >= 4 is 17.9 Å². The predicted molar refractivity (Wildman–Crippen MR) is 357 cm³/mol. The Bertz CT molecular complexity index is 1690. The molecule has 82 heavy (non-hydrogen) atoms. The van der Waals surface area contributed by atoms with E-state index >= 15 is 0 Å². The highest BCUT2D eigenvalue weighted by Gasteiger charge is 2.19. The number of hydrogen-bond donors (Lipinski definition) is 0. The van der Waals surface area contributed by atoms with Crippen molar-refractivity contribution < 1.29 is 28.6 Å². The fraction of sp³-hybridized carbons (Fsp3) is 0.697. The van der Waals surface area contributed by atoms with Gasteiger partial charge in [0.1, 0.15) is 13.2 Å². The Labute approximate surface area is 507 Å². The molecule has 0 spiro atoms. The smallest absolute Gasteiger partial charge is 0.306 e. The van der Waals surface area contributed by atoms with Crippen LogP contribution in [-0.2, 0) is 28.6 Å². The van der Waals surface area contributed by atoms with Gasteiger partial charge in [-0.25, -0.2) is 0 Å². The van der Waals surface area contributed by atoms with Crippen LogP contribution < -0.4 is 0 Å². The van der Waals surface area contributed by atoms with Crippen molar-refractivity contribution in [2.24, 2.45) is 0 Å². The van der Waals surface area contributed by atoms with E-state index in [-0.39, 0.29) is 31.1 Å². The Morgan fingerprint density at radius 3 is 0.744 bits per heavy atom. The van der Waals surface area contributed by atoms with Crippen LogP contribution in [0.15, 0.2) is 122 Å². The van der Waals surface area contributed by atoms with Crippen LogP contribution in [0.25, 0.3) is 0 Å². The molecule has 0 aromatic heterocycles. The molecule has 0 radical (unpaired) electrons. The number of esters is 3. The third-order valence-electron chi connectivity index (χ3n) is 14.7. The van der Waals surface area contributed by atoms with E-state index in [9.17, 15) is 14.4 Å². The quantitative estimate of drug-likeness (QED) is 0.0261. The van der Waals surface area contributed by atoms with Crippen LogP contribution in [0.4, 0.5) is 0 Å². The minimum Gasteiger partial charge on any atom is -0.462 e. The molecule has 6 nitrogen and oxygen atoms in total. The van der Waals surface area contributed by atoms with Gasteiger partial charge in [-0.3, -0.25) is 14.4 Å². The fourth-order valence-corrected chi connectivity index (χ4v) is 9.62. The maximum atomic E-state index is 12.9. The molecular formula is C76H128O6. The van der Waals surface area contributed by atoms with Gasteiger partial charge in [-0.15, -0.1) is 0 Å². The fourth-order valence-electron chi connectivity index (χ4n) is 9.62. The van der Waals surface area contributed by atoms with Gasteiger partial charge in [0.25, 0.3) is 0 Å². The van der Waals surface area contributed by atoms with Gasteiger partial charge in [0.15, 0.2) is 6.10 Å². The molecule has 6 heteroatoms. The van der Waals surface area contributed by atoms with E-state index < -0.39 is 6.10 Å². The Balaban J connectivity index is 4.14. The zero-order chi connectivity index (χ0) is 59.2. The molecule has 0 aromatic carbocycles. The summed E-state index contributed by atoms with van der Waals surface area (Å²) in [5.74, 6) is -0.877. The molecule has 0 rings (SSSR count). The third kappa shape index (κ3) is 66.6. The maximum absolute atomic E-state index is 12.9. The Hall–Kier alpha value is -4.19. The molecule has 0 bridgehead atoms. The van der Waals surface area contributed by atoms with E-state index in [2.05, 4.69) is 142 Å². The third-order valence-corrected chi connectivity index (χ3v) is 14.7. The second-order valence-corrected chi connectivity index (χ2v) is 22.7. The highest BCUT2D eigenvalue weighted by atomic mass is 16.6. The van der Waals surface area contributed by atoms with E-state index in [1.54, 1.807) is 0 Å². The first kappa shape index (κ1) is 77.8. The molecule has 0 aliphatic carbocycles. The zero-order valence-electron chi connectivity index (χ0n) is 53.7. The summed E-state index contributed by atoms with van der Waals surface area (Å²) in [5.41, 5.74) is 0. The van der Waals surface area contributed by atoms with Gasteiger partial charge in [0.2, 0.25) is 0 Å². The Kier molecular flexibility index (Phi) is 65.8. The minimum absolute atomic E-state index is 0.0778. The number of hydrogen-bond acceptors (Lipinski definition) is 6. The Morgan fingerprint density at radius 1 is 0.256 bits per heavy atom. The van der Waals surface area contributed by atoms with E-state index in [4.69, 9.17) is 14.2 Å². The van der Waals surface area contributed by atoms with Crippen LogP contribution in [0, 0.1) is 0 Å². The zero-order valence-corrected chi connectivity index (χ0v) is 53.7. The van der Waals surface area contributed by atoms with Crippen molar-refractivity contribution in [1.82, 2.24) is 0 Å². The van der Waals surface area contributed by atoms with Crippen molar-refractivity contribution in [3.63, 3.8) is 0 Å². The van der Waals surface area contributed by atoms with E-state index in [1.165, 1.54) is 161 Å². The van der Waals surface area contributed by atoms with Gasteiger partial charge in [-0.2, -0.15) is 0 Å². The van der Waals surface area contributed by atoms with Gasteiger partial charge < -0.3 is 14.2 Å². The van der Waals surface area contributed by atoms with Crippen LogP contribution in [0.3, 0.4) is 0 Å². The lowest BCUT2D eigenvalue weighted by atomic mass is 10.0. The summed E-state index contributed by atoms with van der Waals surface area (Å²) in [6, 6.07) is 0. The van der Waals surface area contributed by atoms with Crippen LogP contribution >= 0.6 is 0 Å². The number of allylic oxidation sites excluding steroid dienone is 20. The first-order valence-corrected chi connectivity index (χ1v) is 34.5. The summed E-state index contributed by atoms with van der Waals surface area (Å²) in [4.78, 5) is 38.3. The monoisotopic (exact) mass is 1140 g/mol. The summed E-state index contributed by atoms with van der Waals surface area (Å²) in [6.07, 6.45) is 96.6.